The molecule has 4 aromatic rings. The summed E-state index contributed by atoms with van der Waals surface area (Å²) >= 11 is 1.73. The number of nitrogens with two attached hydrogens (primary N) is 2. The summed E-state index contributed by atoms with van der Waals surface area (Å²) < 4.78 is 1.13. The van der Waals surface area contributed by atoms with Crippen molar-refractivity contribution in [3.8, 4) is 11.1 Å². The Morgan fingerprint density at radius 3 is 2.68 bits per heavy atom. The highest BCUT2D eigenvalue weighted by Crippen LogP contribution is 2.34. The molecule has 0 spiro atoms. The van der Waals surface area contributed by atoms with Crippen molar-refractivity contribution in [2.75, 3.05) is 5.73 Å². The van der Waals surface area contributed by atoms with Gasteiger partial charge in [0.15, 0.2) is 5.82 Å². The largest absolute Gasteiger partial charge is 0.382 e. The van der Waals surface area contributed by atoms with Gasteiger partial charge in [0.05, 0.1) is 15.2 Å². The lowest BCUT2D eigenvalue weighted by molar-refractivity contribution is 0.913. The monoisotopic (exact) mass is 348 g/mol. The number of hydrogen-bond acceptors (Lipinski definition) is 5. The van der Waals surface area contributed by atoms with Crippen LogP contribution in [0.3, 0.4) is 0 Å². The predicted molar refractivity (Wildman–Crippen MR) is 107 cm³/mol. The van der Waals surface area contributed by atoms with E-state index in [0.29, 0.717) is 12.4 Å². The Morgan fingerprint density at radius 1 is 1.04 bits per heavy atom. The molecular weight excluding hydrogens is 328 g/mol. The van der Waals surface area contributed by atoms with Crippen LogP contribution in [0.5, 0.6) is 0 Å². The van der Waals surface area contributed by atoms with Crippen molar-refractivity contribution >= 4 is 38.3 Å². The minimum atomic E-state index is 0.508. The first-order valence-corrected chi connectivity index (χ1v) is 9.29. The third-order valence-corrected chi connectivity index (χ3v) is 5.51. The molecule has 2 aromatic heterocycles. The molecule has 0 atom stereocenters. The van der Waals surface area contributed by atoms with Crippen LogP contribution in [0, 0.1) is 0 Å². The summed E-state index contributed by atoms with van der Waals surface area (Å²) in [6.07, 6.45) is 2.05. The van der Waals surface area contributed by atoms with Crippen molar-refractivity contribution in [3.05, 3.63) is 53.0 Å². The first-order chi connectivity index (χ1) is 12.2. The van der Waals surface area contributed by atoms with E-state index in [1.54, 1.807) is 11.3 Å². The van der Waals surface area contributed by atoms with Crippen LogP contribution in [0.4, 0.5) is 5.82 Å². The van der Waals surface area contributed by atoms with Gasteiger partial charge < -0.3 is 11.5 Å². The van der Waals surface area contributed by atoms with Crippen LogP contribution in [0.25, 0.3) is 32.2 Å². The summed E-state index contributed by atoms with van der Waals surface area (Å²) in [5.41, 5.74) is 17.1. The van der Waals surface area contributed by atoms with Crippen LogP contribution < -0.4 is 11.5 Å². The summed E-state index contributed by atoms with van der Waals surface area (Å²) in [6.45, 7) is 2.70. The third kappa shape index (κ3) is 2.86. The average molecular weight is 348 g/mol. The zero-order chi connectivity index (χ0) is 17.4. The number of benzene rings is 2. The molecule has 4 nitrogen and oxygen atoms in total. The van der Waals surface area contributed by atoms with Gasteiger partial charge in [-0.2, -0.15) is 0 Å². The van der Waals surface area contributed by atoms with Crippen molar-refractivity contribution in [1.82, 2.24) is 9.97 Å². The molecule has 4 N–H and O–H groups in total. The van der Waals surface area contributed by atoms with E-state index in [0.717, 1.165) is 55.7 Å². The van der Waals surface area contributed by atoms with E-state index in [1.807, 2.05) is 12.1 Å². The molecule has 2 heterocycles. The molecule has 0 saturated carbocycles. The Labute approximate surface area is 150 Å². The maximum atomic E-state index is 6.18. The minimum absolute atomic E-state index is 0.508. The summed E-state index contributed by atoms with van der Waals surface area (Å²) in [6, 6.07) is 14.6. The van der Waals surface area contributed by atoms with E-state index in [4.69, 9.17) is 11.5 Å². The van der Waals surface area contributed by atoms with Gasteiger partial charge in [-0.3, -0.25) is 0 Å². The first-order valence-electron chi connectivity index (χ1n) is 8.47. The lowest BCUT2D eigenvalue weighted by Gasteiger charge is -2.07. The zero-order valence-electron chi connectivity index (χ0n) is 14.1. The van der Waals surface area contributed by atoms with Gasteiger partial charge in [0, 0.05) is 11.9 Å². The van der Waals surface area contributed by atoms with Gasteiger partial charge in [-0.05, 0) is 41.7 Å². The highest BCUT2D eigenvalue weighted by molar-refractivity contribution is 7.19. The van der Waals surface area contributed by atoms with Crippen molar-refractivity contribution in [3.63, 3.8) is 0 Å². The molecule has 0 aliphatic heterocycles. The first kappa shape index (κ1) is 16.0. The van der Waals surface area contributed by atoms with E-state index >= 15 is 0 Å². The number of hydrogen-bond donors (Lipinski definition) is 2. The van der Waals surface area contributed by atoms with Gasteiger partial charge in [-0.25, -0.2) is 9.97 Å². The molecule has 0 bridgehead atoms. The molecule has 0 fully saturated rings. The standard InChI is InChI=1S/C20H20N4S/c1-2-4-17-24-18-19(25-17)15-8-7-14(10-16(15)23-20(18)22)13-6-3-5-12(9-13)11-21/h3,5-10H,2,4,11,21H2,1H3,(H2,22,23). The number of anilines is 1. The Hall–Kier alpha value is -2.50. The Bertz CT molecular complexity index is 1070. The number of pyridine rings is 1. The number of aryl methyl sites for hydroxylation is 1. The molecule has 0 unspecified atom stereocenters. The molecular formula is C20H20N4S. The molecule has 2 aromatic carbocycles. The summed E-state index contributed by atoms with van der Waals surface area (Å²) in [4.78, 5) is 9.28. The van der Waals surface area contributed by atoms with Gasteiger partial charge >= 0.3 is 0 Å². The third-order valence-electron chi connectivity index (χ3n) is 4.36. The molecule has 0 radical (unpaired) electrons. The van der Waals surface area contributed by atoms with Crippen molar-refractivity contribution < 1.29 is 0 Å². The Morgan fingerprint density at radius 2 is 1.88 bits per heavy atom. The van der Waals surface area contributed by atoms with E-state index in [-0.39, 0.29) is 0 Å². The maximum absolute atomic E-state index is 6.18. The number of thiazole rings is 1. The Kier molecular flexibility index (Phi) is 4.11. The van der Waals surface area contributed by atoms with Gasteiger partial charge in [-0.15, -0.1) is 11.3 Å². The van der Waals surface area contributed by atoms with E-state index in [2.05, 4.69) is 47.2 Å². The summed E-state index contributed by atoms with van der Waals surface area (Å²) in [5.74, 6) is 0.508. The second-order valence-electron chi connectivity index (χ2n) is 6.17. The molecule has 5 heteroatoms. The summed E-state index contributed by atoms with van der Waals surface area (Å²) in [5, 5.41) is 2.24. The van der Waals surface area contributed by atoms with E-state index in [1.165, 1.54) is 0 Å². The second kappa shape index (κ2) is 6.43. The van der Waals surface area contributed by atoms with E-state index in [9.17, 15) is 0 Å². The van der Waals surface area contributed by atoms with Gasteiger partial charge in [-0.1, -0.05) is 37.3 Å². The van der Waals surface area contributed by atoms with Crippen molar-refractivity contribution in [2.45, 2.75) is 26.3 Å². The molecule has 0 amide bonds. The smallest absolute Gasteiger partial charge is 0.151 e. The number of rotatable bonds is 4. The Balaban J connectivity index is 1.89. The van der Waals surface area contributed by atoms with Crippen molar-refractivity contribution in [1.29, 1.82) is 0 Å². The average Bonchev–Trinajstić information content (AvgIpc) is 3.06. The minimum Gasteiger partial charge on any atom is -0.382 e. The van der Waals surface area contributed by atoms with Gasteiger partial charge in [0.1, 0.15) is 5.52 Å². The highest BCUT2D eigenvalue weighted by Gasteiger charge is 2.13. The van der Waals surface area contributed by atoms with Gasteiger partial charge in [0.2, 0.25) is 0 Å². The molecule has 126 valence electrons. The molecule has 4 rings (SSSR count). The SMILES string of the molecule is CCCc1nc2c(N)nc3cc(-c4cccc(CN)c4)ccc3c2s1. The van der Waals surface area contributed by atoms with Gasteiger partial charge in [0.25, 0.3) is 0 Å². The lowest BCUT2D eigenvalue weighted by Crippen LogP contribution is -1.96. The molecule has 25 heavy (non-hydrogen) atoms. The fourth-order valence-corrected chi connectivity index (χ4v) is 4.31. The lowest BCUT2D eigenvalue weighted by atomic mass is 10.0. The fraction of sp³-hybridized carbons (Fsp3) is 0.200. The van der Waals surface area contributed by atoms with Crippen LogP contribution in [0.2, 0.25) is 0 Å². The zero-order valence-corrected chi connectivity index (χ0v) is 14.9. The maximum Gasteiger partial charge on any atom is 0.151 e. The normalized spacial score (nSPS) is 11.4. The van der Waals surface area contributed by atoms with E-state index < -0.39 is 0 Å². The molecule has 0 aliphatic carbocycles. The van der Waals surface area contributed by atoms with Crippen LogP contribution >= 0.6 is 11.3 Å². The molecule has 0 saturated heterocycles. The number of fused-ring (bicyclic) bond motifs is 3. The number of nitrogens with zero attached hydrogens (tertiary/aromatic N) is 2. The van der Waals surface area contributed by atoms with Crippen LogP contribution in [0.15, 0.2) is 42.5 Å². The fourth-order valence-electron chi connectivity index (χ4n) is 3.10. The predicted octanol–water partition coefficient (Wildman–Crippen LogP) is 4.50. The van der Waals surface area contributed by atoms with Crippen LogP contribution in [0.1, 0.15) is 23.9 Å². The molecule has 0 aliphatic rings. The van der Waals surface area contributed by atoms with Crippen LogP contribution in [-0.4, -0.2) is 9.97 Å². The number of aromatic nitrogens is 2. The van der Waals surface area contributed by atoms with Crippen molar-refractivity contribution in [2.24, 2.45) is 5.73 Å². The number of nitrogen functional groups attached to an aromatic ring is 1. The van der Waals surface area contributed by atoms with Crippen LogP contribution in [-0.2, 0) is 13.0 Å². The topological polar surface area (TPSA) is 77.8 Å². The summed E-state index contributed by atoms with van der Waals surface area (Å²) in [7, 11) is 0. The quantitative estimate of drug-likeness (QED) is 0.569. The highest BCUT2D eigenvalue weighted by atomic mass is 32.1. The second-order valence-corrected chi connectivity index (χ2v) is 7.25.